The number of hydrogen-bond donors (Lipinski definition) is 1. The molecule has 2 nitrogen and oxygen atoms in total. The molecule has 1 saturated heterocycles. The SMILES string of the molecule is FC(F)(F)C1CCC(N(CC2CCNCC2)C2CC2)CC1. The van der Waals surface area contributed by atoms with Gasteiger partial charge >= 0.3 is 6.18 Å². The van der Waals surface area contributed by atoms with E-state index in [0.29, 0.717) is 24.9 Å². The fourth-order valence-electron chi connectivity index (χ4n) is 4.10. The topological polar surface area (TPSA) is 15.3 Å². The highest BCUT2D eigenvalue weighted by Gasteiger charge is 2.44. The summed E-state index contributed by atoms with van der Waals surface area (Å²) in [6, 6.07) is 1.08. The molecule has 0 aromatic heterocycles. The van der Waals surface area contributed by atoms with E-state index < -0.39 is 12.1 Å². The van der Waals surface area contributed by atoms with Crippen LogP contribution in [0.4, 0.5) is 13.2 Å². The van der Waals surface area contributed by atoms with Crippen molar-refractivity contribution in [3.05, 3.63) is 0 Å². The lowest BCUT2D eigenvalue weighted by atomic mass is 9.84. The van der Waals surface area contributed by atoms with E-state index in [2.05, 4.69) is 10.2 Å². The Kier molecular flexibility index (Phi) is 4.79. The van der Waals surface area contributed by atoms with E-state index in [-0.39, 0.29) is 0 Å². The monoisotopic (exact) mass is 304 g/mol. The lowest BCUT2D eigenvalue weighted by molar-refractivity contribution is -0.184. The molecule has 0 amide bonds. The van der Waals surface area contributed by atoms with Crippen LogP contribution in [0.2, 0.25) is 0 Å². The minimum Gasteiger partial charge on any atom is -0.317 e. The first kappa shape index (κ1) is 15.6. The van der Waals surface area contributed by atoms with Crippen LogP contribution in [-0.2, 0) is 0 Å². The van der Waals surface area contributed by atoms with Crippen molar-refractivity contribution in [3.8, 4) is 0 Å². The first-order valence-electron chi connectivity index (χ1n) is 8.57. The second-order valence-corrected chi connectivity index (χ2v) is 7.17. The molecule has 0 unspecified atom stereocenters. The Balaban J connectivity index is 1.53. The van der Waals surface area contributed by atoms with Gasteiger partial charge in [-0.05, 0) is 70.4 Å². The van der Waals surface area contributed by atoms with E-state index in [1.165, 1.54) is 25.7 Å². The van der Waals surface area contributed by atoms with Crippen LogP contribution in [0, 0.1) is 11.8 Å². The summed E-state index contributed by atoms with van der Waals surface area (Å²) in [5.74, 6) is -0.305. The maximum atomic E-state index is 12.8. The fraction of sp³-hybridized carbons (Fsp3) is 1.00. The van der Waals surface area contributed by atoms with Crippen molar-refractivity contribution in [1.29, 1.82) is 0 Å². The molecule has 0 bridgehead atoms. The molecule has 1 N–H and O–H groups in total. The lowest BCUT2D eigenvalue weighted by Gasteiger charge is -2.40. The summed E-state index contributed by atoms with van der Waals surface area (Å²) < 4.78 is 38.4. The predicted octanol–water partition coefficient (Wildman–Crippen LogP) is 3.57. The minimum absolute atomic E-state index is 0.337. The molecule has 0 atom stereocenters. The molecular formula is C16H27F3N2. The largest absolute Gasteiger partial charge is 0.391 e. The first-order chi connectivity index (χ1) is 10.0. The van der Waals surface area contributed by atoms with Crippen LogP contribution in [0.15, 0.2) is 0 Å². The summed E-state index contributed by atoms with van der Waals surface area (Å²) in [6.45, 7) is 3.32. The van der Waals surface area contributed by atoms with Crippen molar-refractivity contribution in [1.82, 2.24) is 10.2 Å². The van der Waals surface area contributed by atoms with Crippen molar-refractivity contribution < 1.29 is 13.2 Å². The third-order valence-electron chi connectivity index (χ3n) is 5.57. The Hall–Kier alpha value is -0.290. The molecule has 3 aliphatic rings. The number of rotatable bonds is 4. The molecule has 122 valence electrons. The number of piperidine rings is 1. The third-order valence-corrected chi connectivity index (χ3v) is 5.57. The highest BCUT2D eigenvalue weighted by molar-refractivity contribution is 4.93. The molecular weight excluding hydrogens is 277 g/mol. The van der Waals surface area contributed by atoms with Gasteiger partial charge in [-0.15, -0.1) is 0 Å². The van der Waals surface area contributed by atoms with Gasteiger partial charge < -0.3 is 5.32 Å². The Morgan fingerprint density at radius 1 is 0.810 bits per heavy atom. The molecule has 1 heterocycles. The van der Waals surface area contributed by atoms with E-state index in [4.69, 9.17) is 0 Å². The van der Waals surface area contributed by atoms with Gasteiger partial charge in [0.15, 0.2) is 0 Å². The van der Waals surface area contributed by atoms with Gasteiger partial charge in [-0.3, -0.25) is 4.90 Å². The Labute approximate surface area is 125 Å². The van der Waals surface area contributed by atoms with E-state index >= 15 is 0 Å². The molecule has 0 spiro atoms. The van der Waals surface area contributed by atoms with Crippen molar-refractivity contribution in [3.63, 3.8) is 0 Å². The van der Waals surface area contributed by atoms with E-state index in [0.717, 1.165) is 38.4 Å². The van der Waals surface area contributed by atoms with Crippen LogP contribution in [0.1, 0.15) is 51.4 Å². The summed E-state index contributed by atoms with van der Waals surface area (Å²) in [4.78, 5) is 2.59. The van der Waals surface area contributed by atoms with Crippen molar-refractivity contribution in [2.24, 2.45) is 11.8 Å². The van der Waals surface area contributed by atoms with Gasteiger partial charge in [-0.2, -0.15) is 13.2 Å². The molecule has 0 radical (unpaired) electrons. The highest BCUT2D eigenvalue weighted by Crippen LogP contribution is 2.41. The molecule has 2 aliphatic carbocycles. The Morgan fingerprint density at radius 2 is 1.33 bits per heavy atom. The second-order valence-electron chi connectivity index (χ2n) is 7.17. The van der Waals surface area contributed by atoms with Gasteiger partial charge in [0, 0.05) is 18.6 Å². The minimum atomic E-state index is -3.98. The maximum Gasteiger partial charge on any atom is 0.391 e. The van der Waals surface area contributed by atoms with Crippen LogP contribution in [0.25, 0.3) is 0 Å². The van der Waals surface area contributed by atoms with E-state index in [1.54, 1.807) is 0 Å². The maximum absolute atomic E-state index is 12.8. The van der Waals surface area contributed by atoms with Gasteiger partial charge in [0.1, 0.15) is 0 Å². The molecule has 5 heteroatoms. The molecule has 2 saturated carbocycles. The number of nitrogens with zero attached hydrogens (tertiary/aromatic N) is 1. The third kappa shape index (κ3) is 4.13. The number of halogens is 3. The second kappa shape index (κ2) is 6.45. The standard InChI is InChI=1S/C16H27F3N2/c17-16(18,19)13-1-3-14(4-2-13)21(15-5-6-15)11-12-7-9-20-10-8-12/h12-15,20H,1-11H2. The average Bonchev–Trinajstić information content (AvgIpc) is 3.30. The molecule has 3 fully saturated rings. The normalized spacial score (nSPS) is 32.6. The summed E-state index contributed by atoms with van der Waals surface area (Å²) >= 11 is 0. The summed E-state index contributed by atoms with van der Waals surface area (Å²) in [5.41, 5.74) is 0. The predicted molar refractivity (Wildman–Crippen MR) is 77.1 cm³/mol. The van der Waals surface area contributed by atoms with Crippen LogP contribution in [0.5, 0.6) is 0 Å². The first-order valence-corrected chi connectivity index (χ1v) is 8.57. The molecule has 3 rings (SSSR count). The lowest BCUT2D eigenvalue weighted by Crippen LogP contribution is -2.45. The highest BCUT2D eigenvalue weighted by atomic mass is 19.4. The number of hydrogen-bond acceptors (Lipinski definition) is 2. The Bertz CT molecular complexity index is 327. The molecule has 0 aromatic rings. The van der Waals surface area contributed by atoms with Gasteiger partial charge in [-0.1, -0.05) is 0 Å². The van der Waals surface area contributed by atoms with Crippen molar-refractivity contribution in [2.45, 2.75) is 69.6 Å². The van der Waals surface area contributed by atoms with Crippen LogP contribution < -0.4 is 5.32 Å². The Morgan fingerprint density at radius 3 is 1.81 bits per heavy atom. The van der Waals surface area contributed by atoms with E-state index in [9.17, 15) is 13.2 Å². The average molecular weight is 304 g/mol. The summed E-state index contributed by atoms with van der Waals surface area (Å²) in [7, 11) is 0. The zero-order valence-electron chi connectivity index (χ0n) is 12.7. The van der Waals surface area contributed by atoms with Crippen molar-refractivity contribution in [2.75, 3.05) is 19.6 Å². The summed E-state index contributed by atoms with van der Waals surface area (Å²) in [6.07, 6.45) is 3.13. The van der Waals surface area contributed by atoms with E-state index in [1.807, 2.05) is 0 Å². The van der Waals surface area contributed by atoms with Gasteiger partial charge in [-0.25, -0.2) is 0 Å². The fourth-order valence-corrected chi connectivity index (χ4v) is 4.10. The zero-order valence-corrected chi connectivity index (χ0v) is 12.7. The molecule has 0 aromatic carbocycles. The smallest absolute Gasteiger partial charge is 0.317 e. The van der Waals surface area contributed by atoms with Crippen LogP contribution in [-0.4, -0.2) is 42.8 Å². The van der Waals surface area contributed by atoms with Crippen molar-refractivity contribution >= 4 is 0 Å². The quantitative estimate of drug-likeness (QED) is 0.854. The number of nitrogens with one attached hydrogen (secondary N) is 1. The van der Waals surface area contributed by atoms with Gasteiger partial charge in [0.2, 0.25) is 0 Å². The molecule has 21 heavy (non-hydrogen) atoms. The van der Waals surface area contributed by atoms with Gasteiger partial charge in [0.25, 0.3) is 0 Å². The van der Waals surface area contributed by atoms with Crippen LogP contribution in [0.3, 0.4) is 0 Å². The zero-order chi connectivity index (χ0) is 14.9. The van der Waals surface area contributed by atoms with Crippen LogP contribution >= 0.6 is 0 Å². The number of alkyl halides is 3. The van der Waals surface area contributed by atoms with Gasteiger partial charge in [0.05, 0.1) is 5.92 Å². The molecule has 1 aliphatic heterocycles. The summed E-state index contributed by atoms with van der Waals surface area (Å²) in [5, 5.41) is 3.39.